The molecular formula is C44H42O4P2. The number of hydrogen-bond donors (Lipinski definition) is 0. The molecule has 1 unspecified atom stereocenters. The first-order valence-electron chi connectivity index (χ1n) is 17.2. The van der Waals surface area contributed by atoms with E-state index in [0.29, 0.717) is 0 Å². The first kappa shape index (κ1) is 32.8. The Hall–Kier alpha value is -4.36. The number of benzene rings is 5. The van der Waals surface area contributed by atoms with Gasteiger partial charge in [0.15, 0.2) is 23.0 Å². The fourth-order valence-electron chi connectivity index (χ4n) is 7.71. The van der Waals surface area contributed by atoms with E-state index in [1.165, 1.54) is 70.8 Å². The van der Waals surface area contributed by atoms with E-state index in [1.54, 1.807) is 0 Å². The molecule has 1 atom stereocenters. The molecule has 3 aliphatic rings. The lowest BCUT2D eigenvalue weighted by atomic mass is 10.0. The average molecular weight is 697 g/mol. The Morgan fingerprint density at radius 3 is 1.26 bits per heavy atom. The number of hydrogen-bond acceptors (Lipinski definition) is 4. The van der Waals surface area contributed by atoms with Crippen molar-refractivity contribution in [3.63, 3.8) is 0 Å². The summed E-state index contributed by atoms with van der Waals surface area (Å²) in [5.74, 6) is 3.08. The zero-order chi connectivity index (χ0) is 34.7. The van der Waals surface area contributed by atoms with E-state index >= 15 is 0 Å². The van der Waals surface area contributed by atoms with Crippen LogP contribution in [0.15, 0.2) is 102 Å². The Labute approximate surface area is 298 Å². The van der Waals surface area contributed by atoms with E-state index in [1.807, 2.05) is 0 Å². The summed E-state index contributed by atoms with van der Waals surface area (Å²) >= 11 is 0. The lowest BCUT2D eigenvalue weighted by Crippen LogP contribution is -2.25. The van der Waals surface area contributed by atoms with E-state index in [0.717, 1.165) is 40.5 Å². The summed E-state index contributed by atoms with van der Waals surface area (Å²) in [6.45, 7) is 15.8. The molecule has 252 valence electrons. The largest absolute Gasteiger partial charge is 0.454 e. The predicted molar refractivity (Wildman–Crippen MR) is 210 cm³/mol. The van der Waals surface area contributed by atoms with Crippen molar-refractivity contribution >= 4 is 42.4 Å². The Bertz CT molecular complexity index is 2140. The van der Waals surface area contributed by atoms with Gasteiger partial charge in [0, 0.05) is 11.1 Å². The molecule has 0 amide bonds. The molecule has 0 saturated carbocycles. The molecule has 6 heteroatoms. The van der Waals surface area contributed by atoms with Crippen LogP contribution in [-0.2, 0) is 0 Å². The maximum atomic E-state index is 6.50. The highest BCUT2D eigenvalue weighted by molar-refractivity contribution is 7.80. The third kappa shape index (κ3) is 6.04. The third-order valence-electron chi connectivity index (χ3n) is 9.47. The van der Waals surface area contributed by atoms with Gasteiger partial charge in [-0.15, -0.1) is 0 Å². The smallest absolute Gasteiger partial charge is 0.231 e. The number of aryl methyl sites for hydroxylation is 6. The molecular weight excluding hydrogens is 654 g/mol. The number of rotatable bonds is 7. The summed E-state index contributed by atoms with van der Waals surface area (Å²) in [4.78, 5) is 0. The van der Waals surface area contributed by atoms with Gasteiger partial charge in [-0.3, -0.25) is 0 Å². The SMILES string of the molecule is CC1=CCC(P(c2cc(C)cc(C)c2)c2ccc3c(c2-c2c(P(c4cc(C)cc(C)c4)c4cc(C)cc(C)c4)ccc4c2OCO4)OCO3)=C1. The normalized spacial score (nSPS) is 15.0. The molecule has 8 rings (SSSR count). The second-order valence-corrected chi connectivity index (χ2v) is 18.3. The fraction of sp³-hybridized carbons (Fsp3) is 0.227. The van der Waals surface area contributed by atoms with Gasteiger partial charge in [0.2, 0.25) is 13.6 Å². The molecule has 5 aromatic rings. The highest BCUT2D eigenvalue weighted by Gasteiger charge is 2.36. The minimum atomic E-state index is -1.03. The number of ether oxygens (including phenoxy) is 4. The molecule has 2 heterocycles. The highest BCUT2D eigenvalue weighted by Crippen LogP contribution is 2.56. The average Bonchev–Trinajstić information content (AvgIpc) is 3.81. The van der Waals surface area contributed by atoms with Gasteiger partial charge in [-0.1, -0.05) is 106 Å². The van der Waals surface area contributed by atoms with Crippen molar-refractivity contribution < 1.29 is 18.9 Å². The molecule has 0 spiro atoms. The highest BCUT2D eigenvalue weighted by atomic mass is 31.1. The van der Waals surface area contributed by atoms with Gasteiger partial charge in [-0.25, -0.2) is 0 Å². The van der Waals surface area contributed by atoms with Crippen molar-refractivity contribution in [2.24, 2.45) is 0 Å². The zero-order valence-electron chi connectivity index (χ0n) is 29.8. The standard InChI is InChI=1S/C44H42O4P2/c1-26-8-9-33(17-26)49(34-18-27(2)14-28(3)19-34)39-12-10-37-43(47-24-45-37)41(39)42-40(13-11-38-44(42)48-25-46-38)50(35-20-29(4)15-30(5)21-35)36-22-31(6)16-32(7)23-36/h8,10-23H,9,24-25H2,1-7H3. The van der Waals surface area contributed by atoms with Crippen LogP contribution in [0.25, 0.3) is 11.1 Å². The minimum absolute atomic E-state index is 0.179. The van der Waals surface area contributed by atoms with Crippen LogP contribution in [0.5, 0.6) is 23.0 Å². The van der Waals surface area contributed by atoms with Gasteiger partial charge in [-0.05, 0) is 127 Å². The molecule has 1 aliphatic carbocycles. The van der Waals surface area contributed by atoms with Crippen molar-refractivity contribution in [2.45, 2.75) is 54.9 Å². The summed E-state index contributed by atoms with van der Waals surface area (Å²) in [7, 11) is -1.98. The van der Waals surface area contributed by atoms with Gasteiger partial charge in [-0.2, -0.15) is 0 Å². The van der Waals surface area contributed by atoms with E-state index in [-0.39, 0.29) is 13.6 Å². The third-order valence-corrected chi connectivity index (χ3v) is 14.4. The van der Waals surface area contributed by atoms with Crippen LogP contribution >= 0.6 is 15.8 Å². The van der Waals surface area contributed by atoms with Crippen molar-refractivity contribution in [2.75, 3.05) is 13.6 Å². The molecule has 0 aromatic heterocycles. The molecule has 0 saturated heterocycles. The van der Waals surface area contributed by atoms with Gasteiger partial charge in [0.05, 0.1) is 0 Å². The van der Waals surface area contributed by atoms with E-state index in [2.05, 4.69) is 139 Å². The topological polar surface area (TPSA) is 36.9 Å². The maximum Gasteiger partial charge on any atom is 0.231 e. The molecule has 4 nitrogen and oxygen atoms in total. The zero-order valence-corrected chi connectivity index (χ0v) is 31.6. The van der Waals surface area contributed by atoms with Crippen molar-refractivity contribution in [1.82, 2.24) is 0 Å². The van der Waals surface area contributed by atoms with Gasteiger partial charge < -0.3 is 18.9 Å². The Balaban J connectivity index is 1.48. The van der Waals surface area contributed by atoms with Crippen LogP contribution in [0.4, 0.5) is 0 Å². The monoisotopic (exact) mass is 696 g/mol. The molecule has 0 fully saturated rings. The predicted octanol–water partition coefficient (Wildman–Crippen LogP) is 9.09. The lowest BCUT2D eigenvalue weighted by molar-refractivity contribution is 0.173. The summed E-state index contributed by atoms with van der Waals surface area (Å²) < 4.78 is 25.2. The summed E-state index contributed by atoms with van der Waals surface area (Å²) in [5, 5.41) is 7.84. The molecule has 0 bridgehead atoms. The van der Waals surface area contributed by atoms with Crippen LogP contribution in [0.2, 0.25) is 0 Å². The Morgan fingerprint density at radius 2 is 0.860 bits per heavy atom. The second-order valence-electron chi connectivity index (χ2n) is 13.9. The first-order chi connectivity index (χ1) is 24.1. The molecule has 0 radical (unpaired) electrons. The van der Waals surface area contributed by atoms with Crippen LogP contribution in [0, 0.1) is 41.5 Å². The van der Waals surface area contributed by atoms with Crippen molar-refractivity contribution in [3.05, 3.63) is 135 Å². The van der Waals surface area contributed by atoms with Crippen LogP contribution in [0.1, 0.15) is 46.7 Å². The maximum absolute atomic E-state index is 6.50. The summed E-state index contributed by atoms with van der Waals surface area (Å²) in [6, 6.07) is 29.7. The van der Waals surface area contributed by atoms with Crippen LogP contribution in [0.3, 0.4) is 0 Å². The van der Waals surface area contributed by atoms with Crippen LogP contribution < -0.4 is 45.5 Å². The number of allylic oxidation sites excluding steroid dienone is 4. The van der Waals surface area contributed by atoms with Crippen molar-refractivity contribution in [1.29, 1.82) is 0 Å². The van der Waals surface area contributed by atoms with Gasteiger partial charge >= 0.3 is 0 Å². The summed E-state index contributed by atoms with van der Waals surface area (Å²) in [6.07, 6.45) is 5.67. The minimum Gasteiger partial charge on any atom is -0.454 e. The van der Waals surface area contributed by atoms with Crippen LogP contribution in [-0.4, -0.2) is 13.6 Å². The molecule has 0 N–H and O–H groups in total. The lowest BCUT2D eigenvalue weighted by Gasteiger charge is -2.29. The quantitative estimate of drug-likeness (QED) is 0.159. The van der Waals surface area contributed by atoms with E-state index in [9.17, 15) is 0 Å². The van der Waals surface area contributed by atoms with E-state index < -0.39 is 15.8 Å². The second kappa shape index (κ2) is 13.1. The Kier molecular flexibility index (Phi) is 8.58. The van der Waals surface area contributed by atoms with Crippen molar-refractivity contribution in [3.8, 4) is 34.1 Å². The van der Waals surface area contributed by atoms with E-state index in [4.69, 9.17) is 18.9 Å². The fourth-order valence-corrected chi connectivity index (χ4v) is 13.4. The molecule has 2 aliphatic heterocycles. The Morgan fingerprint density at radius 1 is 0.460 bits per heavy atom. The summed E-state index contributed by atoms with van der Waals surface area (Å²) in [5.41, 5.74) is 11.0. The molecule has 5 aromatic carbocycles. The first-order valence-corrected chi connectivity index (χ1v) is 19.9. The number of fused-ring (bicyclic) bond motifs is 2. The van der Waals surface area contributed by atoms with Gasteiger partial charge in [0.25, 0.3) is 0 Å². The molecule has 50 heavy (non-hydrogen) atoms. The van der Waals surface area contributed by atoms with Gasteiger partial charge in [0.1, 0.15) is 0 Å².